The maximum Gasteiger partial charge on any atom is 0.151 e. The van der Waals surface area contributed by atoms with E-state index in [1.165, 1.54) is 10.7 Å². The van der Waals surface area contributed by atoms with Crippen LogP contribution in [0.5, 0.6) is 0 Å². The van der Waals surface area contributed by atoms with Crippen LogP contribution >= 0.6 is 11.3 Å². The number of aryl methyl sites for hydroxylation is 1. The van der Waals surface area contributed by atoms with Crippen molar-refractivity contribution >= 4 is 49.7 Å². The number of fused-ring (bicyclic) bond motifs is 3. The van der Waals surface area contributed by atoms with E-state index in [1.54, 1.807) is 11.3 Å². The molecule has 0 spiro atoms. The molecule has 4 aromatic heterocycles. The molecule has 0 aliphatic rings. The minimum absolute atomic E-state index is 0.477. The van der Waals surface area contributed by atoms with E-state index in [0.29, 0.717) is 6.54 Å². The van der Waals surface area contributed by atoms with Crippen LogP contribution in [0, 0.1) is 6.92 Å². The fourth-order valence-corrected chi connectivity index (χ4v) is 5.52. The summed E-state index contributed by atoms with van der Waals surface area (Å²) in [4.78, 5) is 4.93. The van der Waals surface area contributed by atoms with Gasteiger partial charge in [0.05, 0.1) is 40.9 Å². The summed E-state index contributed by atoms with van der Waals surface area (Å²) < 4.78 is 3.22. The predicted octanol–water partition coefficient (Wildman–Crippen LogP) is 4.00. The number of aromatic amines is 2. The SMILES string of the molecule is Cc1c(/C=N\N(N)Cc2cccc3[nH]ncc23)c2sc(Cc3cccc4cn[nH]c34)nc2n1C. The van der Waals surface area contributed by atoms with Crippen LogP contribution in [0.2, 0.25) is 0 Å². The van der Waals surface area contributed by atoms with E-state index in [1.807, 2.05) is 43.9 Å². The van der Waals surface area contributed by atoms with Crippen LogP contribution in [0.1, 0.15) is 27.4 Å². The molecular weight excluding hydrogens is 446 g/mol. The Bertz CT molecular complexity index is 1670. The van der Waals surface area contributed by atoms with Gasteiger partial charge in [0.1, 0.15) is 5.01 Å². The number of thiazole rings is 1. The molecule has 0 aliphatic heterocycles. The topological polar surface area (TPSA) is 117 Å². The Hall–Kier alpha value is -4.02. The number of hydrogen-bond donors (Lipinski definition) is 3. The van der Waals surface area contributed by atoms with Crippen LogP contribution < -0.4 is 5.84 Å². The average molecular weight is 470 g/mol. The van der Waals surface area contributed by atoms with Gasteiger partial charge >= 0.3 is 0 Å². The van der Waals surface area contributed by atoms with Crippen LogP contribution in [0.4, 0.5) is 0 Å². The standard InChI is InChI=1S/C24H23N9S/c1-14-18(12-28-33(25)13-17-7-4-8-20-19(17)11-27-30-20)23-24(32(14)2)29-21(34-23)9-15-5-3-6-16-10-26-31-22(15)16/h3-8,10-12H,9,13,25H2,1-2H3,(H,26,31)(H,27,30)/b28-12-. The maximum absolute atomic E-state index is 6.24. The lowest BCUT2D eigenvalue weighted by atomic mass is 10.1. The molecule has 0 amide bonds. The third-order valence-electron chi connectivity index (χ3n) is 6.26. The number of aromatic nitrogens is 6. The van der Waals surface area contributed by atoms with Crippen LogP contribution in [0.25, 0.3) is 32.2 Å². The van der Waals surface area contributed by atoms with Crippen molar-refractivity contribution in [3.63, 3.8) is 0 Å². The molecule has 0 bridgehead atoms. The van der Waals surface area contributed by atoms with Gasteiger partial charge in [-0.15, -0.1) is 11.3 Å². The Kier molecular flexibility index (Phi) is 4.89. The van der Waals surface area contributed by atoms with E-state index in [9.17, 15) is 0 Å². The molecule has 9 nitrogen and oxygen atoms in total. The number of hydrogen-bond acceptors (Lipinski definition) is 7. The van der Waals surface area contributed by atoms with Crippen molar-refractivity contribution in [3.05, 3.63) is 76.2 Å². The average Bonchev–Trinajstić information content (AvgIpc) is 3.61. The summed E-state index contributed by atoms with van der Waals surface area (Å²) in [7, 11) is 2.04. The molecule has 6 aromatic rings. The molecule has 4 heterocycles. The van der Waals surface area contributed by atoms with Crippen molar-refractivity contribution < 1.29 is 0 Å². The molecule has 6 rings (SSSR count). The van der Waals surface area contributed by atoms with Gasteiger partial charge < -0.3 is 4.57 Å². The highest BCUT2D eigenvalue weighted by Gasteiger charge is 2.17. The first-order valence-corrected chi connectivity index (χ1v) is 11.7. The minimum Gasteiger partial charge on any atom is -0.332 e. The Labute approximate surface area is 198 Å². The number of para-hydroxylation sites is 1. The summed E-state index contributed by atoms with van der Waals surface area (Å²) in [5, 5.41) is 23.6. The van der Waals surface area contributed by atoms with E-state index < -0.39 is 0 Å². The van der Waals surface area contributed by atoms with Gasteiger partial charge in [-0.3, -0.25) is 10.2 Å². The van der Waals surface area contributed by atoms with Crippen molar-refractivity contribution in [3.8, 4) is 0 Å². The van der Waals surface area contributed by atoms with Gasteiger partial charge in [-0.25, -0.2) is 15.9 Å². The predicted molar refractivity (Wildman–Crippen MR) is 136 cm³/mol. The number of nitrogens with zero attached hydrogens (tertiary/aromatic N) is 6. The highest BCUT2D eigenvalue weighted by Crippen LogP contribution is 2.31. The number of benzene rings is 2. The molecule has 4 N–H and O–H groups in total. The molecule has 34 heavy (non-hydrogen) atoms. The van der Waals surface area contributed by atoms with Crippen LogP contribution in [-0.2, 0) is 20.0 Å². The van der Waals surface area contributed by atoms with Gasteiger partial charge in [0.2, 0.25) is 0 Å². The third-order valence-corrected chi connectivity index (χ3v) is 7.33. The van der Waals surface area contributed by atoms with Crippen molar-refractivity contribution in [1.82, 2.24) is 35.1 Å². The largest absolute Gasteiger partial charge is 0.332 e. The first kappa shape index (κ1) is 20.6. The van der Waals surface area contributed by atoms with Crippen LogP contribution in [-0.4, -0.2) is 41.3 Å². The van der Waals surface area contributed by atoms with Gasteiger partial charge in [0.15, 0.2) is 5.65 Å². The Balaban J connectivity index is 1.28. The highest BCUT2D eigenvalue weighted by atomic mass is 32.1. The summed E-state index contributed by atoms with van der Waals surface area (Å²) in [6.07, 6.45) is 6.24. The zero-order valence-corrected chi connectivity index (χ0v) is 19.6. The monoisotopic (exact) mass is 469 g/mol. The van der Waals surface area contributed by atoms with Crippen molar-refractivity contribution in [2.24, 2.45) is 18.0 Å². The van der Waals surface area contributed by atoms with Crippen molar-refractivity contribution in [2.45, 2.75) is 19.9 Å². The zero-order chi connectivity index (χ0) is 23.2. The molecule has 0 fully saturated rings. The molecule has 170 valence electrons. The Morgan fingerprint density at radius 3 is 2.85 bits per heavy atom. The molecular formula is C24H23N9S. The van der Waals surface area contributed by atoms with Crippen LogP contribution in [0.3, 0.4) is 0 Å². The number of nitrogens with two attached hydrogens (primary N) is 1. The lowest BCUT2D eigenvalue weighted by Crippen LogP contribution is -2.24. The number of hydrazine groups is 1. The number of hydrazone groups is 1. The zero-order valence-electron chi connectivity index (χ0n) is 18.8. The second-order valence-electron chi connectivity index (χ2n) is 8.34. The molecule has 0 saturated carbocycles. The van der Waals surface area contributed by atoms with E-state index in [-0.39, 0.29) is 0 Å². The lowest BCUT2D eigenvalue weighted by Gasteiger charge is -2.12. The van der Waals surface area contributed by atoms with Crippen molar-refractivity contribution in [1.29, 1.82) is 0 Å². The van der Waals surface area contributed by atoms with Gasteiger partial charge in [-0.05, 0) is 24.1 Å². The first-order chi connectivity index (χ1) is 16.6. The Morgan fingerprint density at radius 2 is 1.94 bits per heavy atom. The second kappa shape index (κ2) is 8.08. The molecule has 0 radical (unpaired) electrons. The maximum atomic E-state index is 6.24. The van der Waals surface area contributed by atoms with Gasteiger partial charge in [0.25, 0.3) is 0 Å². The molecule has 0 unspecified atom stereocenters. The van der Waals surface area contributed by atoms with Gasteiger partial charge in [-0.2, -0.15) is 15.3 Å². The van der Waals surface area contributed by atoms with E-state index in [2.05, 4.69) is 55.2 Å². The summed E-state index contributed by atoms with van der Waals surface area (Å²) >= 11 is 1.69. The minimum atomic E-state index is 0.477. The smallest absolute Gasteiger partial charge is 0.151 e. The lowest BCUT2D eigenvalue weighted by molar-refractivity contribution is 0.293. The molecule has 0 atom stereocenters. The summed E-state index contributed by atoms with van der Waals surface area (Å²) in [6, 6.07) is 12.3. The number of H-pyrrole nitrogens is 2. The Morgan fingerprint density at radius 1 is 1.12 bits per heavy atom. The van der Waals surface area contributed by atoms with Gasteiger partial charge in [0, 0.05) is 35.5 Å². The molecule has 0 aliphatic carbocycles. The molecule has 10 heteroatoms. The molecule has 2 aromatic carbocycles. The van der Waals surface area contributed by atoms with Crippen LogP contribution in [0.15, 0.2) is 53.9 Å². The summed E-state index contributed by atoms with van der Waals surface area (Å²) in [5.74, 6) is 6.24. The quantitative estimate of drug-likeness (QED) is 0.194. The summed E-state index contributed by atoms with van der Waals surface area (Å²) in [6.45, 7) is 2.55. The van der Waals surface area contributed by atoms with E-state index >= 15 is 0 Å². The first-order valence-electron chi connectivity index (χ1n) is 10.9. The third kappa shape index (κ3) is 3.44. The van der Waals surface area contributed by atoms with Crippen molar-refractivity contribution in [2.75, 3.05) is 0 Å². The second-order valence-corrected chi connectivity index (χ2v) is 9.42. The van der Waals surface area contributed by atoms with E-state index in [0.717, 1.165) is 60.4 Å². The fraction of sp³-hybridized carbons (Fsp3) is 0.167. The normalized spacial score (nSPS) is 12.1. The fourth-order valence-electron chi connectivity index (χ4n) is 4.34. The number of nitrogens with one attached hydrogen (secondary N) is 2. The molecule has 0 saturated heterocycles. The summed E-state index contributed by atoms with van der Waals surface area (Å²) in [5.41, 5.74) is 7.39. The number of rotatable bonds is 6. The van der Waals surface area contributed by atoms with E-state index in [4.69, 9.17) is 10.8 Å². The highest BCUT2D eigenvalue weighted by molar-refractivity contribution is 7.19. The van der Waals surface area contributed by atoms with Gasteiger partial charge in [-0.1, -0.05) is 30.3 Å².